The van der Waals surface area contributed by atoms with Gasteiger partial charge in [0.25, 0.3) is 0 Å². The maximum absolute atomic E-state index is 11.3. The molecule has 0 amide bonds. The molecule has 1 unspecified atom stereocenters. The van der Waals surface area contributed by atoms with Crippen molar-refractivity contribution >= 4 is 22.4 Å². The Morgan fingerprint density at radius 3 is 3.06 bits per heavy atom. The third-order valence-electron chi connectivity index (χ3n) is 2.49. The van der Waals surface area contributed by atoms with Crippen LogP contribution in [-0.4, -0.2) is 36.9 Å². The quantitative estimate of drug-likeness (QED) is 0.869. The highest BCUT2D eigenvalue weighted by atomic mass is 32.2. The van der Waals surface area contributed by atoms with E-state index in [1.54, 1.807) is 4.52 Å². The van der Waals surface area contributed by atoms with E-state index in [0.717, 1.165) is 11.2 Å². The van der Waals surface area contributed by atoms with Gasteiger partial charge in [-0.2, -0.15) is 4.98 Å². The predicted octanol–water partition coefficient (Wildman–Crippen LogP) is 1.22. The zero-order valence-electron chi connectivity index (χ0n) is 10.0. The second kappa shape index (κ2) is 5.27. The molecule has 0 radical (unpaired) electrons. The van der Waals surface area contributed by atoms with Gasteiger partial charge < -0.3 is 5.32 Å². The van der Waals surface area contributed by atoms with Gasteiger partial charge in [0.05, 0.1) is 0 Å². The second-order valence-corrected chi connectivity index (χ2v) is 5.62. The summed E-state index contributed by atoms with van der Waals surface area (Å²) in [5.41, 5.74) is 1.94. The van der Waals surface area contributed by atoms with Crippen molar-refractivity contribution in [3.8, 4) is 0 Å². The molecule has 1 N–H and O–H groups in total. The summed E-state index contributed by atoms with van der Waals surface area (Å²) >= 11 is 0. The Kier molecular flexibility index (Phi) is 3.73. The predicted molar refractivity (Wildman–Crippen MR) is 69.8 cm³/mol. The molecule has 17 heavy (non-hydrogen) atoms. The van der Waals surface area contributed by atoms with E-state index in [1.165, 1.54) is 0 Å². The second-order valence-electron chi connectivity index (χ2n) is 3.75. The lowest BCUT2D eigenvalue weighted by atomic mass is 10.3. The SMILES string of the molecule is CCS(=O)CCNc1nc2c(C)cccn2n1. The van der Waals surface area contributed by atoms with Crippen LogP contribution >= 0.6 is 0 Å². The Labute approximate surface area is 103 Å². The van der Waals surface area contributed by atoms with Crippen LogP contribution in [-0.2, 0) is 10.8 Å². The van der Waals surface area contributed by atoms with Gasteiger partial charge in [0.15, 0.2) is 5.65 Å². The minimum absolute atomic E-state index is 0.590. The molecule has 6 heteroatoms. The van der Waals surface area contributed by atoms with Crippen molar-refractivity contribution in [2.24, 2.45) is 0 Å². The van der Waals surface area contributed by atoms with Crippen LogP contribution in [0, 0.1) is 6.92 Å². The first-order chi connectivity index (χ1) is 8.20. The van der Waals surface area contributed by atoms with Gasteiger partial charge in [0.2, 0.25) is 5.95 Å². The highest BCUT2D eigenvalue weighted by Crippen LogP contribution is 2.09. The minimum atomic E-state index is -0.748. The van der Waals surface area contributed by atoms with Crippen LogP contribution < -0.4 is 5.32 Å². The lowest BCUT2D eigenvalue weighted by molar-refractivity contribution is 0.684. The maximum atomic E-state index is 11.3. The summed E-state index contributed by atoms with van der Waals surface area (Å²) < 4.78 is 13.0. The highest BCUT2D eigenvalue weighted by molar-refractivity contribution is 7.84. The average Bonchev–Trinajstić information content (AvgIpc) is 2.73. The summed E-state index contributed by atoms with van der Waals surface area (Å²) in [4.78, 5) is 4.38. The van der Waals surface area contributed by atoms with Crippen molar-refractivity contribution in [2.75, 3.05) is 23.4 Å². The molecule has 0 bridgehead atoms. The third kappa shape index (κ3) is 2.82. The number of aromatic nitrogens is 3. The van der Waals surface area contributed by atoms with Gasteiger partial charge >= 0.3 is 0 Å². The molecule has 2 heterocycles. The summed E-state index contributed by atoms with van der Waals surface area (Å²) in [7, 11) is -0.748. The van der Waals surface area contributed by atoms with E-state index in [1.807, 2.05) is 32.2 Å². The zero-order chi connectivity index (χ0) is 12.3. The van der Waals surface area contributed by atoms with Gasteiger partial charge in [0.1, 0.15) is 0 Å². The average molecular weight is 252 g/mol. The number of fused-ring (bicyclic) bond motifs is 1. The Bertz CT molecular complexity index is 537. The summed E-state index contributed by atoms with van der Waals surface area (Å²) in [6.45, 7) is 4.55. The van der Waals surface area contributed by atoms with E-state index in [4.69, 9.17) is 0 Å². The van der Waals surface area contributed by atoms with Crippen LogP contribution in [0.15, 0.2) is 18.3 Å². The molecule has 0 spiro atoms. The molecule has 1 atom stereocenters. The van der Waals surface area contributed by atoms with Gasteiger partial charge in [-0.3, -0.25) is 4.21 Å². The Morgan fingerprint density at radius 1 is 1.53 bits per heavy atom. The third-order valence-corrected chi connectivity index (χ3v) is 3.80. The molecule has 2 aromatic heterocycles. The van der Waals surface area contributed by atoms with E-state index in [2.05, 4.69) is 15.4 Å². The van der Waals surface area contributed by atoms with Crippen LogP contribution in [0.25, 0.3) is 5.65 Å². The van der Waals surface area contributed by atoms with E-state index in [0.29, 0.717) is 24.0 Å². The fraction of sp³-hybridized carbons (Fsp3) is 0.455. The molecular formula is C11H16N4OS. The Balaban J connectivity index is 2.05. The molecule has 0 saturated carbocycles. The van der Waals surface area contributed by atoms with Crippen molar-refractivity contribution in [3.63, 3.8) is 0 Å². The van der Waals surface area contributed by atoms with Crippen molar-refractivity contribution in [3.05, 3.63) is 23.9 Å². The molecule has 0 aliphatic carbocycles. The molecule has 0 aliphatic heterocycles. The Hall–Kier alpha value is -1.43. The molecule has 2 aromatic rings. The van der Waals surface area contributed by atoms with Crippen LogP contribution in [0.1, 0.15) is 12.5 Å². The van der Waals surface area contributed by atoms with Gasteiger partial charge in [0, 0.05) is 35.0 Å². The summed E-state index contributed by atoms with van der Waals surface area (Å²) in [6.07, 6.45) is 1.87. The number of aryl methyl sites for hydroxylation is 1. The van der Waals surface area contributed by atoms with Crippen molar-refractivity contribution < 1.29 is 4.21 Å². The number of hydrogen-bond acceptors (Lipinski definition) is 4. The van der Waals surface area contributed by atoms with E-state index >= 15 is 0 Å². The maximum Gasteiger partial charge on any atom is 0.243 e. The molecule has 0 saturated heterocycles. The molecular weight excluding hydrogens is 236 g/mol. The van der Waals surface area contributed by atoms with Gasteiger partial charge in [-0.25, -0.2) is 4.52 Å². The molecule has 5 nitrogen and oxygen atoms in total. The summed E-state index contributed by atoms with van der Waals surface area (Å²) in [6, 6.07) is 3.94. The normalized spacial score (nSPS) is 12.8. The minimum Gasteiger partial charge on any atom is -0.352 e. The smallest absolute Gasteiger partial charge is 0.243 e. The van der Waals surface area contributed by atoms with Crippen LogP contribution in [0.5, 0.6) is 0 Å². The lowest BCUT2D eigenvalue weighted by Gasteiger charge is -1.99. The van der Waals surface area contributed by atoms with Crippen molar-refractivity contribution in [1.29, 1.82) is 0 Å². The molecule has 0 aromatic carbocycles. The fourth-order valence-corrected chi connectivity index (χ4v) is 2.15. The van der Waals surface area contributed by atoms with E-state index in [-0.39, 0.29) is 0 Å². The molecule has 0 fully saturated rings. The van der Waals surface area contributed by atoms with Crippen molar-refractivity contribution in [2.45, 2.75) is 13.8 Å². The van der Waals surface area contributed by atoms with E-state index in [9.17, 15) is 4.21 Å². The first-order valence-corrected chi connectivity index (χ1v) is 7.10. The zero-order valence-corrected chi connectivity index (χ0v) is 10.8. The Morgan fingerprint density at radius 2 is 2.35 bits per heavy atom. The van der Waals surface area contributed by atoms with Crippen molar-refractivity contribution in [1.82, 2.24) is 14.6 Å². The van der Waals surface area contributed by atoms with Crippen LogP contribution in [0.3, 0.4) is 0 Å². The van der Waals surface area contributed by atoms with Gasteiger partial charge in [-0.05, 0) is 18.6 Å². The van der Waals surface area contributed by atoms with Crippen LogP contribution in [0.4, 0.5) is 5.95 Å². The summed E-state index contributed by atoms with van der Waals surface area (Å²) in [5.74, 6) is 1.91. The summed E-state index contributed by atoms with van der Waals surface area (Å²) in [5, 5.41) is 7.38. The van der Waals surface area contributed by atoms with Gasteiger partial charge in [-0.15, -0.1) is 5.10 Å². The van der Waals surface area contributed by atoms with Gasteiger partial charge in [-0.1, -0.05) is 13.0 Å². The molecule has 0 aliphatic rings. The number of hydrogen-bond donors (Lipinski definition) is 1. The number of nitrogens with zero attached hydrogens (tertiary/aromatic N) is 3. The number of rotatable bonds is 5. The highest BCUT2D eigenvalue weighted by Gasteiger charge is 2.04. The standard InChI is InChI=1S/C11H16N4OS/c1-3-17(16)8-6-12-11-13-10-9(2)5-4-7-15(10)14-11/h4-5,7H,3,6,8H2,1-2H3,(H,12,14). The lowest BCUT2D eigenvalue weighted by Crippen LogP contribution is -2.12. The van der Waals surface area contributed by atoms with E-state index < -0.39 is 10.8 Å². The fourth-order valence-electron chi connectivity index (χ4n) is 1.54. The first kappa shape index (κ1) is 12.0. The topological polar surface area (TPSA) is 59.3 Å². The largest absolute Gasteiger partial charge is 0.352 e. The monoisotopic (exact) mass is 252 g/mol. The number of nitrogens with one attached hydrogen (secondary N) is 1. The molecule has 92 valence electrons. The van der Waals surface area contributed by atoms with Crippen LogP contribution in [0.2, 0.25) is 0 Å². The number of anilines is 1. The number of pyridine rings is 1. The first-order valence-electron chi connectivity index (χ1n) is 5.61. The molecule has 2 rings (SSSR count).